The fourth-order valence-corrected chi connectivity index (χ4v) is 1.87. The third-order valence-electron chi connectivity index (χ3n) is 2.74. The van der Waals surface area contributed by atoms with Gasteiger partial charge in [-0.25, -0.2) is 0 Å². The Morgan fingerprint density at radius 1 is 1.33 bits per heavy atom. The summed E-state index contributed by atoms with van der Waals surface area (Å²) in [5.74, 6) is -0.463. The van der Waals surface area contributed by atoms with Crippen LogP contribution in [-0.2, 0) is 0 Å². The van der Waals surface area contributed by atoms with Crippen LogP contribution in [0, 0.1) is 10.1 Å². The number of rotatable bonds is 4. The molecular weight excluding hydrogens is 296 g/mol. The normalized spacial score (nSPS) is 10.0. The number of benzene rings is 1. The quantitative estimate of drug-likeness (QED) is 0.668. The summed E-state index contributed by atoms with van der Waals surface area (Å²) in [6, 6.07) is 5.47. The number of non-ortho nitro benzene ring substituents is 1. The van der Waals surface area contributed by atoms with Gasteiger partial charge in [0.05, 0.1) is 21.2 Å². The molecule has 21 heavy (non-hydrogen) atoms. The molecule has 0 radical (unpaired) electrons. The molecule has 1 aromatic heterocycles. The largest absolute Gasteiger partial charge is 0.387 e. The van der Waals surface area contributed by atoms with Crippen molar-refractivity contribution >= 4 is 34.6 Å². The Kier molecular flexibility index (Phi) is 4.34. The summed E-state index contributed by atoms with van der Waals surface area (Å²) in [6.45, 7) is 0. The minimum atomic E-state index is -0.560. The highest BCUT2D eigenvalue weighted by Gasteiger charge is 2.15. The van der Waals surface area contributed by atoms with Gasteiger partial charge in [0.1, 0.15) is 0 Å². The Hall–Kier alpha value is -2.67. The number of hydrogen-bond acceptors (Lipinski definition) is 5. The average Bonchev–Trinajstić information content (AvgIpc) is 2.49. The van der Waals surface area contributed by atoms with Crippen LogP contribution in [0.4, 0.5) is 17.1 Å². The van der Waals surface area contributed by atoms with Crippen LogP contribution in [0.3, 0.4) is 0 Å². The molecule has 0 atom stereocenters. The highest BCUT2D eigenvalue weighted by molar-refractivity contribution is 6.34. The van der Waals surface area contributed by atoms with E-state index in [9.17, 15) is 14.9 Å². The Labute approximate surface area is 125 Å². The van der Waals surface area contributed by atoms with Crippen molar-refractivity contribution in [2.45, 2.75) is 0 Å². The summed E-state index contributed by atoms with van der Waals surface area (Å²) in [6.07, 6.45) is 2.94. The number of halogens is 1. The van der Waals surface area contributed by atoms with E-state index >= 15 is 0 Å². The van der Waals surface area contributed by atoms with Gasteiger partial charge in [0.15, 0.2) is 0 Å². The van der Waals surface area contributed by atoms with Gasteiger partial charge in [-0.1, -0.05) is 11.6 Å². The molecule has 0 fully saturated rings. The number of nitro groups is 1. The number of amides is 1. The SMILES string of the molecule is CNc1ccncc1C(=O)Nc1cc([N+](=O)[O-])ccc1Cl. The van der Waals surface area contributed by atoms with Crippen LogP contribution in [0.1, 0.15) is 10.4 Å². The molecule has 0 spiro atoms. The van der Waals surface area contributed by atoms with E-state index in [1.54, 1.807) is 19.3 Å². The van der Waals surface area contributed by atoms with Gasteiger partial charge in [0.25, 0.3) is 11.6 Å². The van der Waals surface area contributed by atoms with Crippen LogP contribution in [0.2, 0.25) is 5.02 Å². The van der Waals surface area contributed by atoms with Crippen LogP contribution in [0.25, 0.3) is 0 Å². The highest BCUT2D eigenvalue weighted by Crippen LogP contribution is 2.27. The van der Waals surface area contributed by atoms with Crippen molar-refractivity contribution in [3.63, 3.8) is 0 Å². The Morgan fingerprint density at radius 3 is 2.76 bits per heavy atom. The van der Waals surface area contributed by atoms with E-state index in [0.29, 0.717) is 11.3 Å². The van der Waals surface area contributed by atoms with Gasteiger partial charge in [-0.05, 0) is 12.1 Å². The summed E-state index contributed by atoms with van der Waals surface area (Å²) in [5.41, 5.74) is 0.906. The van der Waals surface area contributed by atoms with E-state index in [1.165, 1.54) is 24.4 Å². The topological polar surface area (TPSA) is 97.2 Å². The number of carbonyl (C=O) groups is 1. The first-order valence-electron chi connectivity index (χ1n) is 5.90. The van der Waals surface area contributed by atoms with E-state index in [-0.39, 0.29) is 16.4 Å². The third-order valence-corrected chi connectivity index (χ3v) is 3.07. The van der Waals surface area contributed by atoms with E-state index in [1.807, 2.05) is 0 Å². The lowest BCUT2D eigenvalue weighted by atomic mass is 10.2. The van der Waals surface area contributed by atoms with Crippen molar-refractivity contribution in [1.82, 2.24) is 4.98 Å². The fourth-order valence-electron chi connectivity index (χ4n) is 1.71. The highest BCUT2D eigenvalue weighted by atomic mass is 35.5. The second-order valence-corrected chi connectivity index (χ2v) is 4.45. The number of carbonyl (C=O) groups excluding carboxylic acids is 1. The van der Waals surface area contributed by atoms with Crippen LogP contribution in [0.15, 0.2) is 36.7 Å². The van der Waals surface area contributed by atoms with Crippen molar-refractivity contribution in [2.24, 2.45) is 0 Å². The Bertz CT molecular complexity index is 706. The van der Waals surface area contributed by atoms with Gasteiger partial charge in [-0.2, -0.15) is 0 Å². The summed E-state index contributed by atoms with van der Waals surface area (Å²) >= 11 is 5.94. The van der Waals surface area contributed by atoms with E-state index < -0.39 is 10.8 Å². The minimum absolute atomic E-state index is 0.158. The van der Waals surface area contributed by atoms with Gasteiger partial charge in [0, 0.05) is 37.3 Å². The van der Waals surface area contributed by atoms with Gasteiger partial charge in [0.2, 0.25) is 0 Å². The zero-order valence-electron chi connectivity index (χ0n) is 11.0. The summed E-state index contributed by atoms with van der Waals surface area (Å²) in [5, 5.41) is 16.4. The van der Waals surface area contributed by atoms with E-state index in [4.69, 9.17) is 11.6 Å². The van der Waals surface area contributed by atoms with Crippen LogP contribution in [-0.4, -0.2) is 22.9 Å². The molecule has 0 aliphatic carbocycles. The summed E-state index contributed by atoms with van der Waals surface area (Å²) in [7, 11) is 1.67. The first kappa shape index (κ1) is 14.7. The molecule has 1 heterocycles. The third kappa shape index (κ3) is 3.26. The monoisotopic (exact) mass is 306 g/mol. The van der Waals surface area contributed by atoms with E-state index in [2.05, 4.69) is 15.6 Å². The smallest absolute Gasteiger partial charge is 0.271 e. The number of nitro benzene ring substituents is 1. The molecule has 1 amide bonds. The lowest BCUT2D eigenvalue weighted by Gasteiger charge is -2.10. The van der Waals surface area contributed by atoms with E-state index in [0.717, 1.165) is 0 Å². The maximum absolute atomic E-state index is 12.2. The molecule has 0 unspecified atom stereocenters. The van der Waals surface area contributed by atoms with Crippen molar-refractivity contribution < 1.29 is 9.72 Å². The molecule has 2 N–H and O–H groups in total. The molecule has 8 heteroatoms. The number of nitrogens with zero attached hydrogens (tertiary/aromatic N) is 2. The second-order valence-electron chi connectivity index (χ2n) is 4.05. The van der Waals surface area contributed by atoms with Gasteiger partial charge in [-0.3, -0.25) is 19.9 Å². The molecule has 2 aromatic rings. The predicted octanol–water partition coefficient (Wildman–Crippen LogP) is 2.94. The Morgan fingerprint density at radius 2 is 2.10 bits per heavy atom. The fraction of sp³-hybridized carbons (Fsp3) is 0.0769. The van der Waals surface area contributed by atoms with Gasteiger partial charge in [-0.15, -0.1) is 0 Å². The van der Waals surface area contributed by atoms with Crippen LogP contribution < -0.4 is 10.6 Å². The maximum atomic E-state index is 12.2. The molecular formula is C13H11ClN4O3. The second kappa shape index (κ2) is 6.19. The van der Waals surface area contributed by atoms with Gasteiger partial charge < -0.3 is 10.6 Å². The van der Waals surface area contributed by atoms with Crippen molar-refractivity contribution in [2.75, 3.05) is 17.7 Å². The number of nitrogens with one attached hydrogen (secondary N) is 2. The predicted molar refractivity (Wildman–Crippen MR) is 79.8 cm³/mol. The molecule has 0 aliphatic rings. The van der Waals surface area contributed by atoms with Crippen molar-refractivity contribution in [3.8, 4) is 0 Å². The van der Waals surface area contributed by atoms with Crippen LogP contribution in [0.5, 0.6) is 0 Å². The van der Waals surface area contributed by atoms with Gasteiger partial charge >= 0.3 is 0 Å². The number of pyridine rings is 1. The first-order valence-corrected chi connectivity index (χ1v) is 6.27. The molecule has 0 saturated carbocycles. The Balaban J connectivity index is 2.31. The maximum Gasteiger partial charge on any atom is 0.271 e. The molecule has 7 nitrogen and oxygen atoms in total. The van der Waals surface area contributed by atoms with Crippen LogP contribution >= 0.6 is 11.6 Å². The molecule has 0 saturated heterocycles. The zero-order valence-corrected chi connectivity index (χ0v) is 11.7. The summed E-state index contributed by atoms with van der Waals surface area (Å²) < 4.78 is 0. The number of aromatic nitrogens is 1. The molecule has 1 aromatic carbocycles. The van der Waals surface area contributed by atoms with Crippen molar-refractivity contribution in [1.29, 1.82) is 0 Å². The minimum Gasteiger partial charge on any atom is -0.387 e. The number of hydrogen-bond donors (Lipinski definition) is 2. The van der Waals surface area contributed by atoms with Crippen molar-refractivity contribution in [3.05, 3.63) is 57.4 Å². The lowest BCUT2D eigenvalue weighted by molar-refractivity contribution is -0.384. The molecule has 108 valence electrons. The molecule has 0 aliphatic heterocycles. The average molecular weight is 307 g/mol. The number of anilines is 2. The lowest BCUT2D eigenvalue weighted by Crippen LogP contribution is -2.14. The summed E-state index contributed by atoms with van der Waals surface area (Å²) in [4.78, 5) is 26.3. The first-order chi connectivity index (χ1) is 10.0. The molecule has 2 rings (SSSR count). The molecule has 0 bridgehead atoms. The standard InChI is InChI=1S/C13H11ClN4O3/c1-15-11-4-5-16-7-9(11)13(19)17-12-6-8(18(20)21)2-3-10(12)14/h2-7H,1H3,(H,15,16)(H,17,19). The zero-order chi connectivity index (χ0) is 15.4.